The lowest BCUT2D eigenvalue weighted by Gasteiger charge is -2.13. The molecule has 0 bridgehead atoms. The molecule has 4 rings (SSSR count). The molecule has 5 nitrogen and oxygen atoms in total. The maximum atomic E-state index is 14.5. The van der Waals surface area contributed by atoms with Gasteiger partial charge in [-0.3, -0.25) is 4.57 Å². The molecule has 0 aliphatic carbocycles. The lowest BCUT2D eigenvalue weighted by molar-refractivity contribution is 0.406. The second kappa shape index (κ2) is 5.46. The fourth-order valence-electron chi connectivity index (χ4n) is 2.89. The van der Waals surface area contributed by atoms with Crippen LogP contribution >= 0.6 is 0 Å². The lowest BCUT2D eigenvalue weighted by Crippen LogP contribution is -2.08. The molecule has 0 aliphatic rings. The van der Waals surface area contributed by atoms with Gasteiger partial charge in [-0.2, -0.15) is 14.8 Å². The number of phenols is 1. The molecule has 0 amide bonds. The number of rotatable bonds is 2. The van der Waals surface area contributed by atoms with Crippen LogP contribution in [0, 0.1) is 23.0 Å². The molecule has 25 heavy (non-hydrogen) atoms. The van der Waals surface area contributed by atoms with Gasteiger partial charge >= 0.3 is 0 Å². The summed E-state index contributed by atoms with van der Waals surface area (Å²) in [6, 6.07) is 13.0. The molecular weight excluding hydrogens is 326 g/mol. The molecule has 0 saturated carbocycles. The van der Waals surface area contributed by atoms with Crippen molar-refractivity contribution >= 4 is 10.9 Å². The van der Waals surface area contributed by atoms with Crippen molar-refractivity contribution in [2.75, 3.05) is 0 Å². The SMILES string of the molecule is N#Cc1c(-n2cccn2)n(-c2ccc(O)c(F)c2F)c2ccccc12. The molecule has 0 spiro atoms. The summed E-state index contributed by atoms with van der Waals surface area (Å²) < 4.78 is 31.3. The van der Waals surface area contributed by atoms with Gasteiger partial charge in [0.25, 0.3) is 0 Å². The molecule has 0 saturated heterocycles. The molecule has 7 heteroatoms. The first-order valence-electron chi connectivity index (χ1n) is 7.34. The van der Waals surface area contributed by atoms with E-state index in [9.17, 15) is 19.1 Å². The second-order valence-electron chi connectivity index (χ2n) is 5.35. The van der Waals surface area contributed by atoms with Crippen LogP contribution in [-0.4, -0.2) is 19.5 Å². The summed E-state index contributed by atoms with van der Waals surface area (Å²) >= 11 is 0. The Hall–Kier alpha value is -3.66. The van der Waals surface area contributed by atoms with Crippen LogP contribution in [0.4, 0.5) is 8.78 Å². The van der Waals surface area contributed by atoms with Gasteiger partial charge in [0, 0.05) is 17.8 Å². The van der Waals surface area contributed by atoms with Crippen LogP contribution in [0.2, 0.25) is 0 Å². The maximum absolute atomic E-state index is 14.5. The minimum atomic E-state index is -1.35. The van der Waals surface area contributed by atoms with Crippen LogP contribution in [0.15, 0.2) is 54.9 Å². The average Bonchev–Trinajstić information content (AvgIpc) is 3.25. The largest absolute Gasteiger partial charge is 0.505 e. The lowest BCUT2D eigenvalue weighted by atomic mass is 10.2. The molecule has 0 aliphatic heterocycles. The molecule has 4 aromatic rings. The van der Waals surface area contributed by atoms with E-state index in [0.29, 0.717) is 10.9 Å². The van der Waals surface area contributed by atoms with Crippen molar-refractivity contribution in [2.24, 2.45) is 0 Å². The fourth-order valence-corrected chi connectivity index (χ4v) is 2.89. The predicted molar refractivity (Wildman–Crippen MR) is 86.7 cm³/mol. The third kappa shape index (κ3) is 2.08. The van der Waals surface area contributed by atoms with Crippen LogP contribution in [0.5, 0.6) is 5.75 Å². The van der Waals surface area contributed by atoms with Crippen molar-refractivity contribution in [1.29, 1.82) is 5.26 Å². The number of nitriles is 1. The summed E-state index contributed by atoms with van der Waals surface area (Å²) in [7, 11) is 0. The third-order valence-corrected chi connectivity index (χ3v) is 3.97. The predicted octanol–water partition coefficient (Wildman–Crippen LogP) is 3.67. The zero-order valence-corrected chi connectivity index (χ0v) is 12.7. The van der Waals surface area contributed by atoms with Gasteiger partial charge in [0.15, 0.2) is 17.4 Å². The quantitative estimate of drug-likeness (QED) is 0.607. The standard InChI is InChI=1S/C18H10F2N4O/c19-16-14(6-7-15(25)17(16)20)24-13-5-2-1-4-11(13)12(10-21)18(24)23-9-3-8-22-23/h1-9,25H. The van der Waals surface area contributed by atoms with E-state index in [4.69, 9.17) is 0 Å². The number of hydrogen-bond donors (Lipinski definition) is 1. The Labute approximate surface area is 140 Å². The minimum Gasteiger partial charge on any atom is -0.505 e. The van der Waals surface area contributed by atoms with E-state index in [0.717, 1.165) is 6.07 Å². The summed E-state index contributed by atoms with van der Waals surface area (Å²) in [5.74, 6) is -3.05. The molecule has 0 radical (unpaired) electrons. The molecule has 0 unspecified atom stereocenters. The van der Waals surface area contributed by atoms with Gasteiger partial charge in [-0.15, -0.1) is 0 Å². The summed E-state index contributed by atoms with van der Waals surface area (Å²) in [6.07, 6.45) is 3.14. The zero-order valence-electron chi connectivity index (χ0n) is 12.7. The van der Waals surface area contributed by atoms with E-state index in [1.165, 1.54) is 21.5 Å². The first-order chi connectivity index (χ1) is 12.1. The number of para-hydroxylation sites is 1. The van der Waals surface area contributed by atoms with Gasteiger partial charge in [-0.25, -0.2) is 9.07 Å². The van der Waals surface area contributed by atoms with E-state index in [1.54, 1.807) is 36.5 Å². The highest BCUT2D eigenvalue weighted by molar-refractivity contribution is 5.92. The highest BCUT2D eigenvalue weighted by Gasteiger charge is 2.23. The van der Waals surface area contributed by atoms with Crippen LogP contribution < -0.4 is 0 Å². The Morgan fingerprint density at radius 1 is 1.04 bits per heavy atom. The average molecular weight is 336 g/mol. The Balaban J connectivity index is 2.20. The van der Waals surface area contributed by atoms with E-state index in [-0.39, 0.29) is 17.1 Å². The van der Waals surface area contributed by atoms with Crippen molar-refractivity contribution in [3.05, 3.63) is 72.1 Å². The van der Waals surface area contributed by atoms with Crippen LogP contribution in [0.25, 0.3) is 22.4 Å². The molecule has 0 atom stereocenters. The highest BCUT2D eigenvalue weighted by Crippen LogP contribution is 2.34. The Morgan fingerprint density at radius 2 is 1.84 bits per heavy atom. The van der Waals surface area contributed by atoms with Crippen LogP contribution in [-0.2, 0) is 0 Å². The number of halogens is 2. The van der Waals surface area contributed by atoms with Crippen molar-refractivity contribution in [1.82, 2.24) is 14.3 Å². The number of aromatic nitrogens is 3. The minimum absolute atomic E-state index is 0.126. The van der Waals surface area contributed by atoms with Gasteiger partial charge in [0.05, 0.1) is 11.2 Å². The summed E-state index contributed by atoms with van der Waals surface area (Å²) in [5.41, 5.74) is 0.680. The highest BCUT2D eigenvalue weighted by atomic mass is 19.2. The Morgan fingerprint density at radius 3 is 2.56 bits per heavy atom. The third-order valence-electron chi connectivity index (χ3n) is 3.97. The maximum Gasteiger partial charge on any atom is 0.202 e. The van der Waals surface area contributed by atoms with Gasteiger partial charge in [-0.05, 0) is 24.3 Å². The van der Waals surface area contributed by atoms with Crippen LogP contribution in [0.1, 0.15) is 5.56 Å². The molecular formula is C18H10F2N4O. The van der Waals surface area contributed by atoms with Crippen molar-refractivity contribution in [3.63, 3.8) is 0 Å². The monoisotopic (exact) mass is 336 g/mol. The van der Waals surface area contributed by atoms with Gasteiger partial charge in [0.2, 0.25) is 5.82 Å². The summed E-state index contributed by atoms with van der Waals surface area (Å²) in [6.45, 7) is 0. The van der Waals surface area contributed by atoms with Gasteiger partial charge in [-0.1, -0.05) is 18.2 Å². The smallest absolute Gasteiger partial charge is 0.202 e. The number of benzene rings is 2. The molecule has 0 fully saturated rings. The van der Waals surface area contributed by atoms with Gasteiger partial charge < -0.3 is 5.11 Å². The zero-order chi connectivity index (χ0) is 17.6. The topological polar surface area (TPSA) is 66.8 Å². The van der Waals surface area contributed by atoms with E-state index in [1.807, 2.05) is 0 Å². The number of nitrogens with zero attached hydrogens (tertiary/aromatic N) is 4. The van der Waals surface area contributed by atoms with Crippen molar-refractivity contribution < 1.29 is 13.9 Å². The summed E-state index contributed by atoms with van der Waals surface area (Å²) in [4.78, 5) is 0. The van der Waals surface area contributed by atoms with E-state index >= 15 is 0 Å². The first-order valence-corrected chi connectivity index (χ1v) is 7.34. The number of phenolic OH excluding ortho intramolecular Hbond substituents is 1. The Bertz CT molecular complexity index is 1140. The molecule has 1 N–H and O–H groups in total. The molecule has 2 aromatic carbocycles. The molecule has 122 valence electrons. The number of aromatic hydroxyl groups is 1. The van der Waals surface area contributed by atoms with Crippen molar-refractivity contribution in [3.8, 4) is 23.3 Å². The van der Waals surface area contributed by atoms with Crippen molar-refractivity contribution in [2.45, 2.75) is 0 Å². The number of fused-ring (bicyclic) bond motifs is 1. The number of hydrogen-bond acceptors (Lipinski definition) is 3. The van der Waals surface area contributed by atoms with Crippen LogP contribution in [0.3, 0.4) is 0 Å². The Kier molecular flexibility index (Phi) is 3.25. The molecule has 2 heterocycles. The summed E-state index contributed by atoms with van der Waals surface area (Å²) in [5, 5.41) is 23.7. The second-order valence-corrected chi connectivity index (χ2v) is 5.35. The van der Waals surface area contributed by atoms with Gasteiger partial charge in [0.1, 0.15) is 11.6 Å². The first kappa shape index (κ1) is 14.9. The normalized spacial score (nSPS) is 10.9. The molecule has 2 aromatic heterocycles. The fraction of sp³-hybridized carbons (Fsp3) is 0. The van der Waals surface area contributed by atoms with E-state index < -0.39 is 17.4 Å². The van der Waals surface area contributed by atoms with E-state index in [2.05, 4.69) is 11.2 Å².